The van der Waals surface area contributed by atoms with E-state index in [1.165, 1.54) is 6.33 Å². The summed E-state index contributed by atoms with van der Waals surface area (Å²) in [7, 11) is 0. The Hall–Kier alpha value is -3.62. The molecule has 9 heteroatoms. The largest absolute Gasteiger partial charge is 0.351 e. The van der Waals surface area contributed by atoms with Crippen LogP contribution in [0, 0.1) is 5.92 Å². The van der Waals surface area contributed by atoms with E-state index in [4.69, 9.17) is 0 Å². The summed E-state index contributed by atoms with van der Waals surface area (Å²) in [6.07, 6.45) is 13.0. The first-order chi connectivity index (χ1) is 15.0. The lowest BCUT2D eigenvalue weighted by atomic mass is 9.78. The lowest BCUT2D eigenvalue weighted by Crippen LogP contribution is -2.47. The molecule has 2 N–H and O–H groups in total. The van der Waals surface area contributed by atoms with E-state index >= 15 is 0 Å². The van der Waals surface area contributed by atoms with Crippen molar-refractivity contribution in [2.75, 3.05) is 0 Å². The fourth-order valence-electron chi connectivity index (χ4n) is 4.33. The van der Waals surface area contributed by atoms with Crippen molar-refractivity contribution in [3.63, 3.8) is 0 Å². The molecule has 4 heterocycles. The second-order valence-electron chi connectivity index (χ2n) is 8.47. The fourth-order valence-corrected chi connectivity index (χ4v) is 4.33. The van der Waals surface area contributed by atoms with Crippen molar-refractivity contribution in [3.05, 3.63) is 37.1 Å². The maximum atomic E-state index is 11.4. The zero-order valence-corrected chi connectivity index (χ0v) is 17.5. The lowest BCUT2D eigenvalue weighted by Gasteiger charge is -2.36. The smallest absolute Gasteiger partial charge is 0.250 e. The van der Waals surface area contributed by atoms with E-state index in [-0.39, 0.29) is 11.4 Å². The van der Waals surface area contributed by atoms with Crippen LogP contribution in [0.4, 0.5) is 5.95 Å². The maximum absolute atomic E-state index is 11.4. The van der Waals surface area contributed by atoms with Crippen molar-refractivity contribution >= 4 is 34.8 Å². The third-order valence-electron chi connectivity index (χ3n) is 6.02. The van der Waals surface area contributed by atoms with Gasteiger partial charge in [0.25, 0.3) is 5.95 Å². The van der Waals surface area contributed by atoms with Crippen LogP contribution in [-0.2, 0) is 4.79 Å². The van der Waals surface area contributed by atoms with E-state index in [9.17, 15) is 4.79 Å². The Morgan fingerprint density at radius 2 is 2.19 bits per heavy atom. The number of aliphatic imine (C=N–C) groups is 1. The number of aromatic amines is 1. The predicted molar refractivity (Wildman–Crippen MR) is 118 cm³/mol. The Morgan fingerprint density at radius 3 is 3.00 bits per heavy atom. The summed E-state index contributed by atoms with van der Waals surface area (Å²) in [6, 6.07) is 3.98. The number of carbonyl (C=O) groups is 1. The Balaban J connectivity index is 1.31. The van der Waals surface area contributed by atoms with Crippen LogP contribution in [-0.4, -0.2) is 47.2 Å². The average Bonchev–Trinajstić information content (AvgIpc) is 3.38. The zero-order valence-electron chi connectivity index (χ0n) is 17.5. The molecule has 0 radical (unpaired) electrons. The molecule has 4 aromatic heterocycles. The molecular weight excluding hydrogens is 392 g/mol. The molecule has 1 fully saturated rings. The molecule has 1 aliphatic rings. The highest BCUT2D eigenvalue weighted by Gasteiger charge is 2.31. The van der Waals surface area contributed by atoms with Crippen LogP contribution >= 0.6 is 0 Å². The van der Waals surface area contributed by atoms with Gasteiger partial charge in [-0.15, -0.1) is 0 Å². The molecule has 5 rings (SSSR count). The molecule has 0 aliphatic heterocycles. The van der Waals surface area contributed by atoms with E-state index in [2.05, 4.69) is 42.3 Å². The number of H-pyrrole nitrogens is 1. The third kappa shape index (κ3) is 3.90. The van der Waals surface area contributed by atoms with Crippen LogP contribution in [0.3, 0.4) is 0 Å². The van der Waals surface area contributed by atoms with Crippen LogP contribution in [0.25, 0.3) is 27.8 Å². The maximum Gasteiger partial charge on any atom is 0.250 e. The predicted octanol–water partition coefficient (Wildman–Crippen LogP) is 3.45. The van der Waals surface area contributed by atoms with Gasteiger partial charge in [0.1, 0.15) is 12.0 Å². The van der Waals surface area contributed by atoms with Gasteiger partial charge in [-0.1, -0.05) is 0 Å². The summed E-state index contributed by atoms with van der Waals surface area (Å²) in [5, 5.41) is 8.15. The van der Waals surface area contributed by atoms with Crippen molar-refractivity contribution in [2.45, 2.75) is 45.1 Å². The Bertz CT molecular complexity index is 1280. The fraction of sp³-hybridized carbons (Fsp3) is 0.364. The first-order valence-corrected chi connectivity index (χ1v) is 10.5. The molecular formula is C22H24N8O. The number of pyridine rings is 1. The Morgan fingerprint density at radius 1 is 1.35 bits per heavy atom. The summed E-state index contributed by atoms with van der Waals surface area (Å²) in [4.78, 5) is 32.4. The van der Waals surface area contributed by atoms with Crippen molar-refractivity contribution in [2.24, 2.45) is 10.9 Å². The van der Waals surface area contributed by atoms with Gasteiger partial charge in [-0.3, -0.25) is 4.79 Å². The van der Waals surface area contributed by atoms with Crippen LogP contribution in [0.1, 0.15) is 39.5 Å². The zero-order chi connectivity index (χ0) is 21.4. The molecule has 9 nitrogen and oxygen atoms in total. The van der Waals surface area contributed by atoms with Crippen LogP contribution in [0.5, 0.6) is 0 Å². The molecule has 158 valence electrons. The van der Waals surface area contributed by atoms with Crippen LogP contribution < -0.4 is 5.32 Å². The summed E-state index contributed by atoms with van der Waals surface area (Å²) in [5.74, 6) is 0.849. The highest BCUT2D eigenvalue weighted by molar-refractivity contribution is 5.93. The molecule has 1 saturated carbocycles. The second-order valence-corrected chi connectivity index (χ2v) is 8.47. The minimum atomic E-state index is -0.109. The van der Waals surface area contributed by atoms with Crippen LogP contribution in [0.2, 0.25) is 0 Å². The molecule has 4 aromatic rings. The average molecular weight is 416 g/mol. The van der Waals surface area contributed by atoms with E-state index in [0.717, 1.165) is 53.5 Å². The van der Waals surface area contributed by atoms with Gasteiger partial charge in [0.05, 0.1) is 0 Å². The van der Waals surface area contributed by atoms with E-state index in [0.29, 0.717) is 11.9 Å². The minimum absolute atomic E-state index is 0.0306. The topological polar surface area (TPSA) is 113 Å². The molecule has 0 bridgehead atoms. The summed E-state index contributed by atoms with van der Waals surface area (Å²) in [5.41, 5.74) is 3.47. The molecule has 1 amide bonds. The lowest BCUT2D eigenvalue weighted by molar-refractivity contribution is -0.121. The second kappa shape index (κ2) is 7.57. The Kier molecular flexibility index (Phi) is 4.72. The highest BCUT2D eigenvalue weighted by Crippen LogP contribution is 2.32. The molecule has 31 heavy (non-hydrogen) atoms. The summed E-state index contributed by atoms with van der Waals surface area (Å²) in [6.45, 7) is 3.69. The highest BCUT2D eigenvalue weighted by atomic mass is 16.1. The van der Waals surface area contributed by atoms with Crippen molar-refractivity contribution < 1.29 is 4.79 Å². The number of carbonyl (C=O) groups excluding carboxylic acids is 1. The molecule has 0 atom stereocenters. The van der Waals surface area contributed by atoms with Crippen molar-refractivity contribution in [1.82, 2.24) is 34.9 Å². The quantitative estimate of drug-likeness (QED) is 0.495. The number of nitrogens with zero attached hydrogens (tertiary/aromatic N) is 6. The normalized spacial score (nSPS) is 21.8. The summed E-state index contributed by atoms with van der Waals surface area (Å²) >= 11 is 0. The van der Waals surface area contributed by atoms with Gasteiger partial charge in [-0.2, -0.15) is 10.1 Å². The number of amides is 1. The van der Waals surface area contributed by atoms with E-state index in [1.807, 2.05) is 36.9 Å². The standard InChI is InChI=1S/C22H24N8O/c1-14(31)29-22(2)6-3-15(4-7-22)10-24-21-25-12-18-17(11-23-20(18)28-21)16-5-8-30-19(9-16)26-13-27-30/h5,8-13,15H,3-4,6-7H2,1-2H3,(H,29,31)(H,23,25,28). The molecule has 0 unspecified atom stereocenters. The van der Waals surface area contributed by atoms with Crippen molar-refractivity contribution in [1.29, 1.82) is 0 Å². The first-order valence-electron chi connectivity index (χ1n) is 10.5. The van der Waals surface area contributed by atoms with Gasteiger partial charge < -0.3 is 10.3 Å². The molecule has 1 aliphatic carbocycles. The van der Waals surface area contributed by atoms with Gasteiger partial charge in [-0.25, -0.2) is 19.5 Å². The van der Waals surface area contributed by atoms with Gasteiger partial charge in [0, 0.05) is 48.2 Å². The molecule has 0 saturated heterocycles. The number of fused-ring (bicyclic) bond motifs is 2. The monoisotopic (exact) mass is 416 g/mol. The Labute approximate surface area is 179 Å². The first kappa shape index (κ1) is 19.3. The SMILES string of the molecule is CC(=O)NC1(C)CCC(C=Nc2ncc3c(-c4ccn5ncnc5c4)c[nH]c3n2)CC1. The summed E-state index contributed by atoms with van der Waals surface area (Å²) < 4.78 is 1.73. The van der Waals surface area contributed by atoms with E-state index < -0.39 is 0 Å². The van der Waals surface area contributed by atoms with E-state index in [1.54, 1.807) is 11.4 Å². The molecule has 0 spiro atoms. The van der Waals surface area contributed by atoms with Crippen molar-refractivity contribution in [3.8, 4) is 11.1 Å². The van der Waals surface area contributed by atoms with Gasteiger partial charge in [0.15, 0.2) is 5.65 Å². The van der Waals surface area contributed by atoms with Gasteiger partial charge in [-0.05, 0) is 56.2 Å². The van der Waals surface area contributed by atoms with Crippen LogP contribution in [0.15, 0.2) is 42.0 Å². The molecule has 0 aromatic carbocycles. The number of hydrogen-bond acceptors (Lipinski definition) is 6. The third-order valence-corrected chi connectivity index (χ3v) is 6.02. The van der Waals surface area contributed by atoms with Gasteiger partial charge >= 0.3 is 0 Å². The number of rotatable bonds is 4. The number of nitrogens with one attached hydrogen (secondary N) is 2. The number of aromatic nitrogens is 6. The minimum Gasteiger partial charge on any atom is -0.351 e. The number of hydrogen-bond donors (Lipinski definition) is 2. The van der Waals surface area contributed by atoms with Gasteiger partial charge in [0.2, 0.25) is 5.91 Å².